The van der Waals surface area contributed by atoms with E-state index in [1.165, 1.54) is 6.07 Å². The standard InChI is InChI=1S/C15H11ClFNO/c16-14-7-2-1-4-12(14)9-19-10-13-6-3-5-11(8-18)15(13)17/h1-7H,9-10H2. The maximum atomic E-state index is 13.7. The van der Waals surface area contributed by atoms with Gasteiger partial charge in [0.2, 0.25) is 0 Å². The van der Waals surface area contributed by atoms with Gasteiger partial charge in [0.1, 0.15) is 11.9 Å². The number of rotatable bonds is 4. The van der Waals surface area contributed by atoms with Gasteiger partial charge < -0.3 is 4.74 Å². The number of nitriles is 1. The van der Waals surface area contributed by atoms with Gasteiger partial charge in [-0.2, -0.15) is 5.26 Å². The molecule has 0 aliphatic rings. The molecule has 0 saturated carbocycles. The summed E-state index contributed by atoms with van der Waals surface area (Å²) in [7, 11) is 0. The first kappa shape index (κ1) is 13.5. The van der Waals surface area contributed by atoms with E-state index in [0.29, 0.717) is 17.2 Å². The maximum Gasteiger partial charge on any atom is 0.146 e. The van der Waals surface area contributed by atoms with Crippen LogP contribution in [0.15, 0.2) is 42.5 Å². The Morgan fingerprint density at radius 1 is 1.05 bits per heavy atom. The lowest BCUT2D eigenvalue weighted by Gasteiger charge is -2.07. The molecular weight excluding hydrogens is 265 g/mol. The topological polar surface area (TPSA) is 33.0 Å². The molecule has 0 atom stereocenters. The Bertz CT molecular complexity index is 622. The normalized spacial score (nSPS) is 10.2. The summed E-state index contributed by atoms with van der Waals surface area (Å²) >= 11 is 5.99. The molecule has 96 valence electrons. The summed E-state index contributed by atoms with van der Waals surface area (Å²) in [5.41, 5.74) is 1.24. The summed E-state index contributed by atoms with van der Waals surface area (Å²) in [6.07, 6.45) is 0. The first-order chi connectivity index (χ1) is 9.22. The number of ether oxygens (including phenoxy) is 1. The Morgan fingerprint density at radius 2 is 1.74 bits per heavy atom. The third kappa shape index (κ3) is 3.31. The molecule has 2 rings (SSSR count). The van der Waals surface area contributed by atoms with Crippen LogP contribution in [0.5, 0.6) is 0 Å². The highest BCUT2D eigenvalue weighted by molar-refractivity contribution is 6.31. The first-order valence-corrected chi connectivity index (χ1v) is 6.09. The predicted octanol–water partition coefficient (Wildman–Crippen LogP) is 4.07. The lowest BCUT2D eigenvalue weighted by atomic mass is 10.1. The predicted molar refractivity (Wildman–Crippen MR) is 71.1 cm³/mol. The fraction of sp³-hybridized carbons (Fsp3) is 0.133. The zero-order chi connectivity index (χ0) is 13.7. The second-order valence-electron chi connectivity index (χ2n) is 3.97. The van der Waals surface area contributed by atoms with Gasteiger partial charge in [-0.1, -0.05) is 41.9 Å². The van der Waals surface area contributed by atoms with Crippen LogP contribution in [0, 0.1) is 17.1 Å². The van der Waals surface area contributed by atoms with E-state index in [2.05, 4.69) is 0 Å². The number of hydrogen-bond acceptors (Lipinski definition) is 2. The number of hydrogen-bond donors (Lipinski definition) is 0. The fourth-order valence-corrected chi connectivity index (χ4v) is 1.85. The molecule has 0 N–H and O–H groups in total. The van der Waals surface area contributed by atoms with E-state index in [0.717, 1.165) is 5.56 Å². The van der Waals surface area contributed by atoms with Crippen LogP contribution in [-0.4, -0.2) is 0 Å². The van der Waals surface area contributed by atoms with Crippen LogP contribution >= 0.6 is 11.6 Å². The molecule has 0 aliphatic carbocycles. The number of benzene rings is 2. The van der Waals surface area contributed by atoms with E-state index in [4.69, 9.17) is 21.6 Å². The van der Waals surface area contributed by atoms with E-state index in [1.54, 1.807) is 24.3 Å². The van der Waals surface area contributed by atoms with Gasteiger partial charge in [-0.3, -0.25) is 0 Å². The highest BCUT2D eigenvalue weighted by Gasteiger charge is 2.07. The molecule has 0 radical (unpaired) electrons. The Labute approximate surface area is 116 Å². The second kappa shape index (κ2) is 6.33. The highest BCUT2D eigenvalue weighted by Crippen LogP contribution is 2.18. The van der Waals surface area contributed by atoms with Crippen LogP contribution < -0.4 is 0 Å². The molecule has 0 aliphatic heterocycles. The smallest absolute Gasteiger partial charge is 0.146 e. The van der Waals surface area contributed by atoms with E-state index in [9.17, 15) is 4.39 Å². The monoisotopic (exact) mass is 275 g/mol. The van der Waals surface area contributed by atoms with Crippen LogP contribution in [0.2, 0.25) is 5.02 Å². The summed E-state index contributed by atoms with van der Waals surface area (Å²) in [6, 6.07) is 13.8. The Balaban J connectivity index is 2.01. The van der Waals surface area contributed by atoms with Gasteiger partial charge in [0.25, 0.3) is 0 Å². The molecule has 2 aromatic carbocycles. The Kier molecular flexibility index (Phi) is 4.51. The number of halogens is 2. The molecule has 19 heavy (non-hydrogen) atoms. The molecule has 0 heterocycles. The van der Waals surface area contributed by atoms with Gasteiger partial charge in [-0.25, -0.2) is 4.39 Å². The zero-order valence-electron chi connectivity index (χ0n) is 10.1. The Hall–Kier alpha value is -1.89. The molecule has 0 fully saturated rings. The molecule has 0 saturated heterocycles. The minimum absolute atomic E-state index is 0.0267. The van der Waals surface area contributed by atoms with Crippen LogP contribution in [0.3, 0.4) is 0 Å². The van der Waals surface area contributed by atoms with Gasteiger partial charge in [0, 0.05) is 10.6 Å². The SMILES string of the molecule is N#Cc1cccc(COCc2ccccc2Cl)c1F. The lowest BCUT2D eigenvalue weighted by molar-refractivity contribution is 0.105. The number of nitrogens with zero attached hydrogens (tertiary/aromatic N) is 1. The van der Waals surface area contributed by atoms with E-state index in [1.807, 2.05) is 18.2 Å². The van der Waals surface area contributed by atoms with Crippen LogP contribution in [0.4, 0.5) is 4.39 Å². The average molecular weight is 276 g/mol. The van der Waals surface area contributed by atoms with E-state index in [-0.39, 0.29) is 12.2 Å². The highest BCUT2D eigenvalue weighted by atomic mass is 35.5. The molecule has 0 aromatic heterocycles. The third-order valence-corrected chi connectivity index (χ3v) is 3.04. The molecule has 4 heteroatoms. The van der Waals surface area contributed by atoms with Crippen molar-refractivity contribution < 1.29 is 9.13 Å². The van der Waals surface area contributed by atoms with Crippen LogP contribution in [0.25, 0.3) is 0 Å². The van der Waals surface area contributed by atoms with Crippen molar-refractivity contribution in [3.8, 4) is 6.07 Å². The van der Waals surface area contributed by atoms with Crippen molar-refractivity contribution >= 4 is 11.6 Å². The zero-order valence-corrected chi connectivity index (χ0v) is 10.8. The van der Waals surface area contributed by atoms with Crippen molar-refractivity contribution in [2.75, 3.05) is 0 Å². The second-order valence-corrected chi connectivity index (χ2v) is 4.38. The van der Waals surface area contributed by atoms with Crippen LogP contribution in [-0.2, 0) is 18.0 Å². The molecule has 0 amide bonds. The van der Waals surface area contributed by atoms with Gasteiger partial charge in [-0.05, 0) is 17.7 Å². The van der Waals surface area contributed by atoms with Gasteiger partial charge >= 0.3 is 0 Å². The van der Waals surface area contributed by atoms with Crippen LogP contribution in [0.1, 0.15) is 16.7 Å². The molecule has 0 unspecified atom stereocenters. The Morgan fingerprint density at radius 3 is 2.47 bits per heavy atom. The summed E-state index contributed by atoms with van der Waals surface area (Å²) < 4.78 is 19.2. The van der Waals surface area contributed by atoms with Crippen molar-refractivity contribution in [1.82, 2.24) is 0 Å². The summed E-state index contributed by atoms with van der Waals surface area (Å²) in [6.45, 7) is 0.405. The first-order valence-electron chi connectivity index (χ1n) is 5.71. The van der Waals surface area contributed by atoms with Gasteiger partial charge in [0.05, 0.1) is 18.8 Å². The summed E-state index contributed by atoms with van der Waals surface area (Å²) in [5.74, 6) is -0.524. The van der Waals surface area contributed by atoms with Crippen molar-refractivity contribution in [1.29, 1.82) is 5.26 Å². The molecule has 0 spiro atoms. The van der Waals surface area contributed by atoms with E-state index >= 15 is 0 Å². The third-order valence-electron chi connectivity index (χ3n) is 2.67. The van der Waals surface area contributed by atoms with Crippen molar-refractivity contribution in [2.24, 2.45) is 0 Å². The quantitative estimate of drug-likeness (QED) is 0.843. The molecular formula is C15H11ClFNO. The lowest BCUT2D eigenvalue weighted by Crippen LogP contribution is -1.99. The minimum Gasteiger partial charge on any atom is -0.372 e. The largest absolute Gasteiger partial charge is 0.372 e. The van der Waals surface area contributed by atoms with Gasteiger partial charge in [-0.15, -0.1) is 0 Å². The fourth-order valence-electron chi connectivity index (χ4n) is 1.66. The van der Waals surface area contributed by atoms with Crippen molar-refractivity contribution in [3.05, 3.63) is 70.0 Å². The summed E-state index contributed by atoms with van der Waals surface area (Å²) in [5, 5.41) is 9.35. The summed E-state index contributed by atoms with van der Waals surface area (Å²) in [4.78, 5) is 0. The minimum atomic E-state index is -0.524. The average Bonchev–Trinajstić information content (AvgIpc) is 2.43. The maximum absolute atomic E-state index is 13.7. The molecule has 2 nitrogen and oxygen atoms in total. The molecule has 0 bridgehead atoms. The van der Waals surface area contributed by atoms with Crippen molar-refractivity contribution in [2.45, 2.75) is 13.2 Å². The van der Waals surface area contributed by atoms with E-state index < -0.39 is 5.82 Å². The molecule has 2 aromatic rings. The van der Waals surface area contributed by atoms with Gasteiger partial charge in [0.15, 0.2) is 0 Å². The van der Waals surface area contributed by atoms with Crippen molar-refractivity contribution in [3.63, 3.8) is 0 Å².